The third-order valence-corrected chi connectivity index (χ3v) is 3.11. The number of nitrogens with zero attached hydrogens (tertiary/aromatic N) is 1. The molecular formula is C15H23N3O3. The van der Waals surface area contributed by atoms with Crippen LogP contribution < -0.4 is 20.5 Å². The third-order valence-electron chi connectivity index (χ3n) is 3.11. The Morgan fingerprint density at radius 2 is 1.95 bits per heavy atom. The molecule has 6 nitrogen and oxygen atoms in total. The number of nitrogens with one attached hydrogen (secondary N) is 1. The number of hydrogen-bond donors (Lipinski definition) is 2. The van der Waals surface area contributed by atoms with Crippen LogP contribution in [0.2, 0.25) is 0 Å². The monoisotopic (exact) mass is 293 g/mol. The average Bonchev–Trinajstić information content (AvgIpc) is 2.38. The highest BCUT2D eigenvalue weighted by Crippen LogP contribution is 2.34. The minimum Gasteiger partial charge on any atom is -0.486 e. The normalized spacial score (nSPS) is 13.6. The number of carbonyl (C=O) groups excluding carboxylic acids is 1. The van der Waals surface area contributed by atoms with Crippen molar-refractivity contribution < 1.29 is 14.3 Å². The number of rotatable bonds is 5. The Balaban J connectivity index is 2.00. The second kappa shape index (κ2) is 6.67. The zero-order valence-corrected chi connectivity index (χ0v) is 12.8. The van der Waals surface area contributed by atoms with Gasteiger partial charge in [-0.1, -0.05) is 0 Å². The number of amides is 1. The van der Waals surface area contributed by atoms with Gasteiger partial charge >= 0.3 is 0 Å². The minimum atomic E-state index is 0.00335. The Kier molecular flexibility index (Phi) is 4.90. The Morgan fingerprint density at radius 3 is 2.57 bits per heavy atom. The molecule has 0 unspecified atom stereocenters. The van der Waals surface area contributed by atoms with Gasteiger partial charge in [-0.3, -0.25) is 9.69 Å². The van der Waals surface area contributed by atoms with Crippen molar-refractivity contribution in [3.63, 3.8) is 0 Å². The summed E-state index contributed by atoms with van der Waals surface area (Å²) in [7, 11) is 1.89. The molecule has 6 heteroatoms. The number of benzene rings is 1. The van der Waals surface area contributed by atoms with Crippen LogP contribution in [0.5, 0.6) is 11.5 Å². The van der Waals surface area contributed by atoms with E-state index in [0.717, 1.165) is 5.56 Å². The molecule has 116 valence electrons. The van der Waals surface area contributed by atoms with E-state index in [1.54, 1.807) is 6.07 Å². The molecule has 0 saturated heterocycles. The van der Waals surface area contributed by atoms with Gasteiger partial charge in [0.05, 0.1) is 6.54 Å². The molecule has 0 atom stereocenters. The summed E-state index contributed by atoms with van der Waals surface area (Å²) in [5, 5.41) is 2.87. The number of ether oxygens (including phenoxy) is 2. The molecule has 1 aliphatic rings. The highest BCUT2D eigenvalue weighted by Gasteiger charge is 2.16. The fourth-order valence-electron chi connectivity index (χ4n) is 2.24. The second-order valence-corrected chi connectivity index (χ2v) is 5.59. The van der Waals surface area contributed by atoms with Gasteiger partial charge in [-0.2, -0.15) is 0 Å². The predicted molar refractivity (Wildman–Crippen MR) is 81.5 cm³/mol. The van der Waals surface area contributed by atoms with Crippen LogP contribution >= 0.6 is 0 Å². The number of nitrogen functional groups attached to an aromatic ring is 1. The van der Waals surface area contributed by atoms with Crippen molar-refractivity contribution in [2.45, 2.75) is 26.4 Å². The average molecular weight is 293 g/mol. The molecule has 1 aliphatic heterocycles. The van der Waals surface area contributed by atoms with Crippen LogP contribution in [0.3, 0.4) is 0 Å². The maximum absolute atomic E-state index is 11.7. The molecule has 0 saturated carbocycles. The number of anilines is 1. The highest BCUT2D eigenvalue weighted by molar-refractivity contribution is 5.78. The standard InChI is InChI=1S/C15H23N3O3/c1-10(2)17-15(19)9-18(3)8-11-6-13-14(7-12(11)16)21-5-4-20-13/h6-7,10H,4-5,8-9,16H2,1-3H3,(H,17,19). The number of likely N-dealkylation sites (N-methyl/N-ethyl adjacent to an activating group) is 1. The Morgan fingerprint density at radius 1 is 1.33 bits per heavy atom. The van der Waals surface area contributed by atoms with Crippen LogP contribution in [0.15, 0.2) is 12.1 Å². The maximum Gasteiger partial charge on any atom is 0.234 e. The first-order valence-corrected chi connectivity index (χ1v) is 7.11. The molecule has 0 bridgehead atoms. The minimum absolute atomic E-state index is 0.00335. The van der Waals surface area contributed by atoms with Crippen LogP contribution in [0.4, 0.5) is 5.69 Å². The molecule has 1 heterocycles. The number of hydrogen-bond acceptors (Lipinski definition) is 5. The second-order valence-electron chi connectivity index (χ2n) is 5.59. The molecule has 0 aromatic heterocycles. The maximum atomic E-state index is 11.7. The number of carbonyl (C=O) groups is 1. The van der Waals surface area contributed by atoms with Crippen LogP contribution in [-0.4, -0.2) is 43.7 Å². The van der Waals surface area contributed by atoms with Crippen molar-refractivity contribution in [1.29, 1.82) is 0 Å². The van der Waals surface area contributed by atoms with Gasteiger partial charge in [0.1, 0.15) is 13.2 Å². The fourth-order valence-corrected chi connectivity index (χ4v) is 2.24. The van der Waals surface area contributed by atoms with E-state index in [0.29, 0.717) is 43.5 Å². The van der Waals surface area contributed by atoms with E-state index >= 15 is 0 Å². The molecule has 0 spiro atoms. The molecule has 1 aromatic rings. The smallest absolute Gasteiger partial charge is 0.234 e. The summed E-state index contributed by atoms with van der Waals surface area (Å²) in [5.41, 5.74) is 7.62. The van der Waals surface area contributed by atoms with Crippen molar-refractivity contribution in [2.75, 3.05) is 32.5 Å². The van der Waals surface area contributed by atoms with Gasteiger partial charge in [0.15, 0.2) is 11.5 Å². The zero-order chi connectivity index (χ0) is 15.4. The first kappa shape index (κ1) is 15.4. The largest absolute Gasteiger partial charge is 0.486 e. The summed E-state index contributed by atoms with van der Waals surface area (Å²) in [6.45, 7) is 5.87. The van der Waals surface area contributed by atoms with Crippen molar-refractivity contribution in [1.82, 2.24) is 10.2 Å². The molecular weight excluding hydrogens is 270 g/mol. The van der Waals surface area contributed by atoms with Gasteiger partial charge in [0, 0.05) is 24.3 Å². The summed E-state index contributed by atoms with van der Waals surface area (Å²) < 4.78 is 11.0. The quantitative estimate of drug-likeness (QED) is 0.792. The molecule has 21 heavy (non-hydrogen) atoms. The first-order valence-electron chi connectivity index (χ1n) is 7.11. The Bertz CT molecular complexity index is 517. The molecule has 0 fully saturated rings. The molecule has 0 aliphatic carbocycles. The topological polar surface area (TPSA) is 76.8 Å². The van der Waals surface area contributed by atoms with E-state index in [9.17, 15) is 4.79 Å². The van der Waals surface area contributed by atoms with Gasteiger partial charge < -0.3 is 20.5 Å². The summed E-state index contributed by atoms with van der Waals surface area (Å²) >= 11 is 0. The lowest BCUT2D eigenvalue weighted by molar-refractivity contribution is -0.122. The van der Waals surface area contributed by atoms with Gasteiger partial charge in [0.2, 0.25) is 5.91 Å². The van der Waals surface area contributed by atoms with Crippen LogP contribution in [0.1, 0.15) is 19.4 Å². The van der Waals surface area contributed by atoms with Gasteiger partial charge in [-0.15, -0.1) is 0 Å². The summed E-state index contributed by atoms with van der Waals surface area (Å²) in [6, 6.07) is 3.82. The summed E-state index contributed by atoms with van der Waals surface area (Å²) in [6.07, 6.45) is 0. The number of nitrogens with two attached hydrogens (primary N) is 1. The van der Waals surface area contributed by atoms with E-state index in [-0.39, 0.29) is 11.9 Å². The molecule has 0 radical (unpaired) electrons. The zero-order valence-electron chi connectivity index (χ0n) is 12.8. The third kappa shape index (κ3) is 4.26. The van der Waals surface area contributed by atoms with Crippen molar-refractivity contribution in [3.05, 3.63) is 17.7 Å². The number of fused-ring (bicyclic) bond motifs is 1. The van der Waals surface area contributed by atoms with Crippen molar-refractivity contribution >= 4 is 11.6 Å². The van der Waals surface area contributed by atoms with Crippen LogP contribution in [0, 0.1) is 0 Å². The van der Waals surface area contributed by atoms with E-state index in [1.165, 1.54) is 0 Å². The summed E-state index contributed by atoms with van der Waals surface area (Å²) in [5.74, 6) is 1.40. The fraction of sp³-hybridized carbons (Fsp3) is 0.533. The van der Waals surface area contributed by atoms with E-state index < -0.39 is 0 Å². The molecule has 3 N–H and O–H groups in total. The van der Waals surface area contributed by atoms with E-state index in [4.69, 9.17) is 15.2 Å². The van der Waals surface area contributed by atoms with Crippen molar-refractivity contribution in [2.24, 2.45) is 0 Å². The highest BCUT2D eigenvalue weighted by atomic mass is 16.6. The van der Waals surface area contributed by atoms with Gasteiger partial charge in [0.25, 0.3) is 0 Å². The van der Waals surface area contributed by atoms with E-state index in [2.05, 4.69) is 5.32 Å². The van der Waals surface area contributed by atoms with E-state index in [1.807, 2.05) is 31.9 Å². The predicted octanol–water partition coefficient (Wildman–Crippen LogP) is 0.996. The lowest BCUT2D eigenvalue weighted by Crippen LogP contribution is -2.38. The first-order chi connectivity index (χ1) is 9.95. The lowest BCUT2D eigenvalue weighted by atomic mass is 10.1. The Hall–Kier alpha value is -1.95. The van der Waals surface area contributed by atoms with Gasteiger partial charge in [-0.25, -0.2) is 0 Å². The van der Waals surface area contributed by atoms with Gasteiger partial charge in [-0.05, 0) is 32.5 Å². The molecule has 1 aromatic carbocycles. The summed E-state index contributed by atoms with van der Waals surface area (Å²) in [4.78, 5) is 13.7. The SMILES string of the molecule is CC(C)NC(=O)CN(C)Cc1cc2c(cc1N)OCCO2. The van der Waals surface area contributed by atoms with Crippen LogP contribution in [-0.2, 0) is 11.3 Å². The van der Waals surface area contributed by atoms with Crippen molar-refractivity contribution in [3.8, 4) is 11.5 Å². The lowest BCUT2D eigenvalue weighted by Gasteiger charge is -2.22. The van der Waals surface area contributed by atoms with Crippen LogP contribution in [0.25, 0.3) is 0 Å². The molecule has 1 amide bonds. The Labute approximate surface area is 125 Å². The molecule has 2 rings (SSSR count).